The van der Waals surface area contributed by atoms with Gasteiger partial charge in [-0.3, -0.25) is 0 Å². The standard InChI is InChI=1S/C24H31NO5/c1-6-28-18-7-8-19(21(14-18)25-26)17-13-20-22(27-5)10-12-30-24(3,4)11-9-16(2)23(20)29-15-17/h7-8,10,12,14,17H,6,9,11,13,15H2,1-5H3/b12-10+,22-20?,23-16?. The zero-order valence-electron chi connectivity index (χ0n) is 18.5. The molecule has 0 bridgehead atoms. The van der Waals surface area contributed by atoms with Gasteiger partial charge >= 0.3 is 0 Å². The van der Waals surface area contributed by atoms with E-state index in [0.717, 1.165) is 29.7 Å². The van der Waals surface area contributed by atoms with E-state index in [2.05, 4.69) is 25.9 Å². The summed E-state index contributed by atoms with van der Waals surface area (Å²) in [5, 5.41) is 3.24. The summed E-state index contributed by atoms with van der Waals surface area (Å²) in [6, 6.07) is 5.47. The summed E-state index contributed by atoms with van der Waals surface area (Å²) in [6.45, 7) is 9.17. The summed E-state index contributed by atoms with van der Waals surface area (Å²) >= 11 is 0. The number of hydrogen-bond acceptors (Lipinski definition) is 6. The summed E-state index contributed by atoms with van der Waals surface area (Å²) in [7, 11) is 1.65. The van der Waals surface area contributed by atoms with Crippen LogP contribution in [-0.4, -0.2) is 25.9 Å². The Bertz CT molecular complexity index is 882. The first-order chi connectivity index (χ1) is 14.4. The lowest BCUT2D eigenvalue weighted by Crippen LogP contribution is -2.24. The third-order valence-corrected chi connectivity index (χ3v) is 5.62. The van der Waals surface area contributed by atoms with Crippen molar-refractivity contribution in [2.45, 2.75) is 58.5 Å². The molecule has 2 aliphatic heterocycles. The molecule has 3 rings (SSSR count). The van der Waals surface area contributed by atoms with Gasteiger partial charge in [-0.15, -0.1) is 4.91 Å². The highest BCUT2D eigenvalue weighted by Gasteiger charge is 2.31. The number of rotatable bonds is 5. The highest BCUT2D eigenvalue weighted by atomic mass is 16.5. The van der Waals surface area contributed by atoms with Gasteiger partial charge in [0.2, 0.25) is 0 Å². The van der Waals surface area contributed by atoms with Crippen LogP contribution in [0.3, 0.4) is 0 Å². The van der Waals surface area contributed by atoms with Crippen LogP contribution < -0.4 is 4.74 Å². The minimum Gasteiger partial charge on any atom is -0.496 e. The molecule has 1 saturated heterocycles. The van der Waals surface area contributed by atoms with Crippen LogP contribution in [0.1, 0.15) is 58.4 Å². The highest BCUT2D eigenvalue weighted by molar-refractivity contribution is 5.54. The smallest absolute Gasteiger partial charge is 0.128 e. The largest absolute Gasteiger partial charge is 0.496 e. The van der Waals surface area contributed by atoms with Crippen molar-refractivity contribution in [3.05, 3.63) is 63.7 Å². The zero-order chi connectivity index (χ0) is 21.7. The molecule has 162 valence electrons. The van der Waals surface area contributed by atoms with E-state index in [1.54, 1.807) is 19.4 Å². The zero-order valence-corrected chi connectivity index (χ0v) is 18.5. The van der Waals surface area contributed by atoms with Crippen molar-refractivity contribution in [2.75, 3.05) is 20.3 Å². The van der Waals surface area contributed by atoms with Crippen molar-refractivity contribution in [1.29, 1.82) is 0 Å². The Morgan fingerprint density at radius 2 is 2.10 bits per heavy atom. The second kappa shape index (κ2) is 9.37. The van der Waals surface area contributed by atoms with Gasteiger partial charge in [0.1, 0.15) is 28.6 Å². The first kappa shape index (κ1) is 21.9. The number of nitroso groups, excluding NO2 is 1. The molecule has 0 spiro atoms. The fourth-order valence-electron chi connectivity index (χ4n) is 3.90. The lowest BCUT2D eigenvalue weighted by atomic mass is 9.86. The molecule has 0 saturated carbocycles. The Morgan fingerprint density at radius 1 is 1.30 bits per heavy atom. The van der Waals surface area contributed by atoms with E-state index in [1.165, 1.54) is 5.57 Å². The maximum Gasteiger partial charge on any atom is 0.128 e. The fraction of sp³-hybridized carbons (Fsp3) is 0.500. The Hall–Kier alpha value is -2.76. The summed E-state index contributed by atoms with van der Waals surface area (Å²) in [5.41, 5.74) is 3.13. The molecular formula is C24H31NO5. The minimum absolute atomic E-state index is 0.0150. The molecule has 0 amide bonds. The number of benzene rings is 1. The number of nitrogens with zero attached hydrogens (tertiary/aromatic N) is 1. The second-order valence-corrected chi connectivity index (χ2v) is 8.29. The second-order valence-electron chi connectivity index (χ2n) is 8.29. The van der Waals surface area contributed by atoms with Crippen molar-refractivity contribution < 1.29 is 18.9 Å². The van der Waals surface area contributed by atoms with Gasteiger partial charge < -0.3 is 18.9 Å². The van der Waals surface area contributed by atoms with E-state index in [4.69, 9.17) is 18.9 Å². The number of ether oxygens (including phenoxy) is 4. The van der Waals surface area contributed by atoms with E-state index < -0.39 is 0 Å². The van der Waals surface area contributed by atoms with Gasteiger partial charge in [-0.25, -0.2) is 0 Å². The molecule has 0 N–H and O–H groups in total. The van der Waals surface area contributed by atoms with E-state index >= 15 is 0 Å². The molecule has 2 heterocycles. The van der Waals surface area contributed by atoms with Gasteiger partial charge in [-0.1, -0.05) is 6.07 Å². The topological polar surface area (TPSA) is 66.3 Å². The Labute approximate surface area is 178 Å². The van der Waals surface area contributed by atoms with Crippen LogP contribution >= 0.6 is 0 Å². The Balaban J connectivity index is 1.99. The molecule has 2 aliphatic rings. The van der Waals surface area contributed by atoms with E-state index in [-0.39, 0.29) is 11.5 Å². The van der Waals surface area contributed by atoms with Crippen LogP contribution in [0.25, 0.3) is 0 Å². The molecule has 0 aliphatic carbocycles. The van der Waals surface area contributed by atoms with Crippen LogP contribution in [-0.2, 0) is 14.2 Å². The maximum absolute atomic E-state index is 11.5. The Kier molecular flexibility index (Phi) is 6.85. The first-order valence-corrected chi connectivity index (χ1v) is 10.4. The highest BCUT2D eigenvalue weighted by Crippen LogP contribution is 2.42. The number of hydrogen-bond donors (Lipinski definition) is 0. The van der Waals surface area contributed by atoms with E-state index in [1.807, 2.05) is 25.1 Å². The molecule has 6 nitrogen and oxygen atoms in total. The molecule has 1 atom stereocenters. The molecule has 0 aromatic heterocycles. The summed E-state index contributed by atoms with van der Waals surface area (Å²) in [5.74, 6) is 2.22. The molecule has 1 aromatic carbocycles. The summed E-state index contributed by atoms with van der Waals surface area (Å²) in [6.07, 6.45) is 5.97. The maximum atomic E-state index is 11.5. The molecule has 6 heteroatoms. The summed E-state index contributed by atoms with van der Waals surface area (Å²) < 4.78 is 23.4. The van der Waals surface area contributed by atoms with Crippen LogP contribution in [0, 0.1) is 4.91 Å². The molecule has 30 heavy (non-hydrogen) atoms. The van der Waals surface area contributed by atoms with Gasteiger partial charge in [0, 0.05) is 23.6 Å². The quantitative estimate of drug-likeness (QED) is 0.533. The van der Waals surface area contributed by atoms with Crippen LogP contribution in [0.5, 0.6) is 5.75 Å². The number of fused-ring (bicyclic) bond motifs is 1. The monoisotopic (exact) mass is 413 g/mol. The van der Waals surface area contributed by atoms with Crippen molar-refractivity contribution in [1.82, 2.24) is 0 Å². The first-order valence-electron chi connectivity index (χ1n) is 10.4. The fourth-order valence-corrected chi connectivity index (χ4v) is 3.90. The third-order valence-electron chi connectivity index (χ3n) is 5.62. The van der Waals surface area contributed by atoms with Crippen molar-refractivity contribution >= 4 is 5.69 Å². The van der Waals surface area contributed by atoms with Gasteiger partial charge in [0.05, 0.1) is 26.6 Å². The van der Waals surface area contributed by atoms with E-state index in [0.29, 0.717) is 36.8 Å². The van der Waals surface area contributed by atoms with Gasteiger partial charge in [0.25, 0.3) is 0 Å². The SMILES string of the molecule is CCOc1ccc(C2COC3=C(C)CCC(C)(C)O/C=C/C(OC)=C3C2)c(N=O)c1. The Morgan fingerprint density at radius 3 is 2.80 bits per heavy atom. The predicted octanol–water partition coefficient (Wildman–Crippen LogP) is 6.26. The molecule has 1 fully saturated rings. The van der Waals surface area contributed by atoms with Crippen molar-refractivity contribution in [3.63, 3.8) is 0 Å². The molecule has 1 aromatic rings. The normalized spacial score (nSPS) is 22.4. The average Bonchev–Trinajstić information content (AvgIpc) is 2.74. The lowest BCUT2D eigenvalue weighted by molar-refractivity contribution is 0.0482. The van der Waals surface area contributed by atoms with Gasteiger partial charge in [0.15, 0.2) is 0 Å². The van der Waals surface area contributed by atoms with Gasteiger partial charge in [-0.05, 0) is 69.3 Å². The lowest BCUT2D eigenvalue weighted by Gasteiger charge is -2.32. The van der Waals surface area contributed by atoms with Crippen LogP contribution in [0.2, 0.25) is 0 Å². The van der Waals surface area contributed by atoms with Crippen LogP contribution in [0.4, 0.5) is 5.69 Å². The van der Waals surface area contributed by atoms with Crippen molar-refractivity contribution in [2.24, 2.45) is 5.18 Å². The minimum atomic E-state index is -0.265. The average molecular weight is 414 g/mol. The van der Waals surface area contributed by atoms with Crippen molar-refractivity contribution in [3.8, 4) is 5.75 Å². The summed E-state index contributed by atoms with van der Waals surface area (Å²) in [4.78, 5) is 11.5. The predicted molar refractivity (Wildman–Crippen MR) is 117 cm³/mol. The third kappa shape index (κ3) is 4.86. The van der Waals surface area contributed by atoms with E-state index in [9.17, 15) is 4.91 Å². The van der Waals surface area contributed by atoms with Gasteiger partial charge in [-0.2, -0.15) is 0 Å². The number of allylic oxidation sites excluding steroid dienone is 3. The molecule has 1 unspecified atom stereocenters. The molecular weight excluding hydrogens is 382 g/mol. The molecule has 0 radical (unpaired) electrons. The van der Waals surface area contributed by atoms with Crippen LogP contribution in [0.15, 0.2) is 58.4 Å². The number of methoxy groups -OCH3 is 1.